The molecule has 0 heterocycles. The highest BCUT2D eigenvalue weighted by Crippen LogP contribution is 2.41. The average molecular weight is 384 g/mol. The van der Waals surface area contributed by atoms with Gasteiger partial charge in [0, 0.05) is 12.1 Å². The molecule has 2 rings (SSSR count). The van der Waals surface area contributed by atoms with Gasteiger partial charge in [0.15, 0.2) is 5.69 Å². The number of anilines is 2. The Labute approximate surface area is 147 Å². The minimum atomic E-state index is -1.04. The summed E-state index contributed by atoms with van der Waals surface area (Å²) in [4.78, 5) is 40.1. The third kappa shape index (κ3) is 3.62. The van der Waals surface area contributed by atoms with Crippen molar-refractivity contribution in [3.05, 3.63) is 75.8 Å². The lowest BCUT2D eigenvalue weighted by Crippen LogP contribution is -2.04. The highest BCUT2D eigenvalue weighted by atomic mass is 35.5. The molecular formula is C12H6ClN5O8. The Balaban J connectivity index is 2.65. The molecule has 0 fully saturated rings. The Morgan fingerprint density at radius 1 is 0.731 bits per heavy atom. The van der Waals surface area contributed by atoms with Crippen LogP contribution < -0.4 is 5.32 Å². The number of halogens is 1. The topological polar surface area (TPSA) is 185 Å². The maximum absolute atomic E-state index is 11.2. The molecule has 2 aromatic carbocycles. The summed E-state index contributed by atoms with van der Waals surface area (Å²) < 4.78 is 0. The number of nitro benzene ring substituents is 4. The van der Waals surface area contributed by atoms with E-state index in [1.165, 1.54) is 0 Å². The van der Waals surface area contributed by atoms with E-state index in [1.54, 1.807) is 0 Å². The van der Waals surface area contributed by atoms with Gasteiger partial charge in [-0.2, -0.15) is 0 Å². The fraction of sp³-hybridized carbons (Fsp3) is 0. The largest absolute Gasteiger partial charge is 0.343 e. The van der Waals surface area contributed by atoms with Crippen LogP contribution in [0.3, 0.4) is 0 Å². The van der Waals surface area contributed by atoms with Crippen molar-refractivity contribution >= 4 is 45.7 Å². The fourth-order valence-corrected chi connectivity index (χ4v) is 2.19. The number of hydrogen-bond acceptors (Lipinski definition) is 9. The van der Waals surface area contributed by atoms with Gasteiger partial charge in [-0.3, -0.25) is 40.5 Å². The lowest BCUT2D eigenvalue weighted by molar-refractivity contribution is -0.401. The van der Waals surface area contributed by atoms with Crippen LogP contribution in [0.15, 0.2) is 30.3 Å². The van der Waals surface area contributed by atoms with E-state index < -0.39 is 42.4 Å². The predicted octanol–water partition coefficient (Wildman–Crippen LogP) is 3.72. The molecule has 0 amide bonds. The van der Waals surface area contributed by atoms with Crippen LogP contribution in [0.5, 0.6) is 0 Å². The van der Waals surface area contributed by atoms with Crippen LogP contribution in [0, 0.1) is 40.5 Å². The second-order valence-electron chi connectivity index (χ2n) is 4.68. The minimum Gasteiger partial charge on any atom is -0.343 e. The zero-order valence-corrected chi connectivity index (χ0v) is 13.1. The molecule has 0 aliphatic rings. The summed E-state index contributed by atoms with van der Waals surface area (Å²) in [6.07, 6.45) is 0. The van der Waals surface area contributed by atoms with Crippen molar-refractivity contribution in [2.45, 2.75) is 0 Å². The number of rotatable bonds is 6. The van der Waals surface area contributed by atoms with Crippen LogP contribution in [-0.2, 0) is 0 Å². The van der Waals surface area contributed by atoms with Crippen molar-refractivity contribution in [1.29, 1.82) is 0 Å². The predicted molar refractivity (Wildman–Crippen MR) is 87.8 cm³/mol. The molecule has 13 nitrogen and oxygen atoms in total. The smallest absolute Gasteiger partial charge is 0.306 e. The fourth-order valence-electron chi connectivity index (χ4n) is 1.97. The van der Waals surface area contributed by atoms with Crippen LogP contribution in [0.4, 0.5) is 34.1 Å². The van der Waals surface area contributed by atoms with E-state index >= 15 is 0 Å². The first kappa shape index (κ1) is 18.5. The van der Waals surface area contributed by atoms with Gasteiger partial charge in [0.05, 0.1) is 42.5 Å². The van der Waals surface area contributed by atoms with Gasteiger partial charge in [-0.05, 0) is 6.07 Å². The van der Waals surface area contributed by atoms with Crippen molar-refractivity contribution < 1.29 is 19.7 Å². The van der Waals surface area contributed by atoms with Crippen molar-refractivity contribution in [2.24, 2.45) is 0 Å². The van der Waals surface area contributed by atoms with Gasteiger partial charge in [-0.15, -0.1) is 0 Å². The van der Waals surface area contributed by atoms with Gasteiger partial charge in [0.25, 0.3) is 11.4 Å². The Hall–Kier alpha value is -3.87. The number of nitrogens with one attached hydrogen (secondary N) is 1. The molecule has 0 unspecified atom stereocenters. The molecule has 14 heteroatoms. The second-order valence-corrected chi connectivity index (χ2v) is 5.08. The maximum atomic E-state index is 11.2. The molecule has 0 saturated heterocycles. The number of nitro groups is 4. The lowest BCUT2D eigenvalue weighted by atomic mass is 10.2. The molecule has 134 valence electrons. The number of nitrogens with zero attached hydrogens (tertiary/aromatic N) is 4. The van der Waals surface area contributed by atoms with Crippen molar-refractivity contribution in [2.75, 3.05) is 5.32 Å². The van der Waals surface area contributed by atoms with E-state index in [-0.39, 0.29) is 16.4 Å². The SMILES string of the molecule is O=[N+]([O-])c1ccc(Nc2c([N+](=O)[O-])cc([N+](=O)[O-])cc2[N+](=O)[O-])c(Cl)c1. The summed E-state index contributed by atoms with van der Waals surface area (Å²) in [5.74, 6) is 0. The van der Waals surface area contributed by atoms with Gasteiger partial charge < -0.3 is 5.32 Å². The Bertz CT molecular complexity index is 928. The van der Waals surface area contributed by atoms with Gasteiger partial charge in [-0.25, -0.2) is 0 Å². The summed E-state index contributed by atoms with van der Waals surface area (Å²) in [5, 5.41) is 46.0. The van der Waals surface area contributed by atoms with E-state index in [0.29, 0.717) is 12.1 Å². The monoisotopic (exact) mass is 383 g/mol. The Kier molecular flexibility index (Phi) is 4.93. The van der Waals surface area contributed by atoms with Crippen LogP contribution >= 0.6 is 11.6 Å². The number of non-ortho nitro benzene ring substituents is 2. The molecule has 1 N–H and O–H groups in total. The van der Waals surface area contributed by atoms with Gasteiger partial charge in [-0.1, -0.05) is 11.6 Å². The summed E-state index contributed by atoms with van der Waals surface area (Å²) in [6, 6.07) is 4.16. The molecule has 26 heavy (non-hydrogen) atoms. The quantitative estimate of drug-likeness (QED) is 0.572. The minimum absolute atomic E-state index is 0.0997. The second kappa shape index (κ2) is 6.94. The first-order valence-corrected chi connectivity index (χ1v) is 6.81. The van der Waals surface area contributed by atoms with E-state index in [0.717, 1.165) is 18.2 Å². The van der Waals surface area contributed by atoms with Crippen molar-refractivity contribution in [1.82, 2.24) is 0 Å². The van der Waals surface area contributed by atoms with Gasteiger partial charge in [0.1, 0.15) is 0 Å². The zero-order chi connectivity index (χ0) is 19.6. The maximum Gasteiger partial charge on any atom is 0.306 e. The zero-order valence-electron chi connectivity index (χ0n) is 12.3. The molecule has 0 aromatic heterocycles. The molecule has 0 aliphatic carbocycles. The first-order chi connectivity index (χ1) is 12.1. The Morgan fingerprint density at radius 2 is 1.23 bits per heavy atom. The van der Waals surface area contributed by atoms with E-state index in [4.69, 9.17) is 11.6 Å². The lowest BCUT2D eigenvalue weighted by Gasteiger charge is -2.09. The van der Waals surface area contributed by atoms with Crippen LogP contribution in [0.1, 0.15) is 0 Å². The molecule has 0 bridgehead atoms. The average Bonchev–Trinajstić information content (AvgIpc) is 2.55. The molecule has 0 saturated carbocycles. The molecular weight excluding hydrogens is 378 g/mol. The van der Waals surface area contributed by atoms with Crippen LogP contribution in [0.2, 0.25) is 5.02 Å². The standard InChI is InChI=1S/C12H6ClN5O8/c13-8-3-6(15(19)20)1-2-9(8)14-12-10(17(23)24)4-7(16(21)22)5-11(12)18(25)26/h1-5,14H. The van der Waals surface area contributed by atoms with Gasteiger partial charge in [0.2, 0.25) is 0 Å². The van der Waals surface area contributed by atoms with Gasteiger partial charge >= 0.3 is 11.4 Å². The van der Waals surface area contributed by atoms with Crippen molar-refractivity contribution in [3.8, 4) is 0 Å². The highest BCUT2D eigenvalue weighted by Gasteiger charge is 2.31. The summed E-state index contributed by atoms with van der Waals surface area (Å²) >= 11 is 5.85. The third-order valence-electron chi connectivity index (χ3n) is 3.11. The molecule has 0 aliphatic heterocycles. The van der Waals surface area contributed by atoms with Crippen LogP contribution in [0.25, 0.3) is 0 Å². The molecule has 0 radical (unpaired) electrons. The Morgan fingerprint density at radius 3 is 1.62 bits per heavy atom. The third-order valence-corrected chi connectivity index (χ3v) is 3.42. The van der Waals surface area contributed by atoms with E-state index in [2.05, 4.69) is 5.32 Å². The highest BCUT2D eigenvalue weighted by molar-refractivity contribution is 6.33. The van der Waals surface area contributed by atoms with Crippen molar-refractivity contribution in [3.63, 3.8) is 0 Å². The summed E-state index contributed by atoms with van der Waals surface area (Å²) in [5.41, 5.74) is -3.82. The molecule has 0 atom stereocenters. The number of benzene rings is 2. The summed E-state index contributed by atoms with van der Waals surface area (Å²) in [6.45, 7) is 0. The number of hydrogen-bond donors (Lipinski definition) is 1. The molecule has 0 spiro atoms. The summed E-state index contributed by atoms with van der Waals surface area (Å²) in [7, 11) is 0. The van der Waals surface area contributed by atoms with E-state index in [1.807, 2.05) is 0 Å². The van der Waals surface area contributed by atoms with Crippen LogP contribution in [-0.4, -0.2) is 19.7 Å². The molecule has 2 aromatic rings. The first-order valence-electron chi connectivity index (χ1n) is 6.44. The normalized spacial score (nSPS) is 10.2. The van der Waals surface area contributed by atoms with E-state index in [9.17, 15) is 40.5 Å².